The van der Waals surface area contributed by atoms with Crippen LogP contribution in [0, 0.1) is 5.82 Å². The number of carbonyl (C=O) groups is 1. The molecule has 0 fully saturated rings. The molecule has 0 aliphatic rings. The Morgan fingerprint density at radius 1 is 1.09 bits per heavy atom. The van der Waals surface area contributed by atoms with Crippen molar-refractivity contribution in [1.82, 2.24) is 5.32 Å². The number of carbonyl (C=O) groups excluding carboxylic acids is 1. The molecule has 1 amide bonds. The zero-order valence-corrected chi connectivity index (χ0v) is 13.3. The molecule has 4 nitrogen and oxygen atoms in total. The summed E-state index contributed by atoms with van der Waals surface area (Å²) in [6, 6.07) is 13.5. The Hall–Kier alpha value is -2.56. The van der Waals surface area contributed by atoms with Crippen LogP contribution in [-0.4, -0.2) is 18.6 Å². The average Bonchev–Trinajstić information content (AvgIpc) is 2.53. The second-order valence-electron chi connectivity index (χ2n) is 5.45. The minimum Gasteiger partial charge on any atom is -0.491 e. The van der Waals surface area contributed by atoms with Crippen LogP contribution in [0.25, 0.3) is 0 Å². The molecule has 0 heterocycles. The van der Waals surface area contributed by atoms with Crippen molar-refractivity contribution in [2.45, 2.75) is 26.5 Å². The number of hydrogen-bond acceptors (Lipinski definition) is 3. The summed E-state index contributed by atoms with van der Waals surface area (Å²) < 4.78 is 18.3. The lowest BCUT2D eigenvalue weighted by atomic mass is 10.2. The SMILES string of the molecule is CC(C)Oc1ccc(NCC(=O)NCc2ccc(F)cc2)cc1. The van der Waals surface area contributed by atoms with Crippen molar-refractivity contribution in [3.63, 3.8) is 0 Å². The van der Waals surface area contributed by atoms with Gasteiger partial charge in [-0.15, -0.1) is 0 Å². The molecule has 2 rings (SSSR count). The van der Waals surface area contributed by atoms with Crippen molar-refractivity contribution in [1.29, 1.82) is 0 Å². The fraction of sp³-hybridized carbons (Fsp3) is 0.278. The van der Waals surface area contributed by atoms with Gasteiger partial charge in [0.05, 0.1) is 12.6 Å². The Balaban J connectivity index is 1.74. The van der Waals surface area contributed by atoms with Crippen molar-refractivity contribution >= 4 is 11.6 Å². The molecule has 0 aromatic heterocycles. The van der Waals surface area contributed by atoms with Crippen LogP contribution in [0.2, 0.25) is 0 Å². The molecule has 0 spiro atoms. The van der Waals surface area contributed by atoms with E-state index in [1.807, 2.05) is 38.1 Å². The van der Waals surface area contributed by atoms with Crippen molar-refractivity contribution in [3.8, 4) is 5.75 Å². The van der Waals surface area contributed by atoms with Gasteiger partial charge in [-0.3, -0.25) is 4.79 Å². The molecule has 0 bridgehead atoms. The quantitative estimate of drug-likeness (QED) is 0.824. The molecule has 0 unspecified atom stereocenters. The lowest BCUT2D eigenvalue weighted by molar-refractivity contribution is -0.119. The normalized spacial score (nSPS) is 10.4. The first-order valence-corrected chi connectivity index (χ1v) is 7.54. The third-order valence-electron chi connectivity index (χ3n) is 3.08. The van der Waals surface area contributed by atoms with Gasteiger partial charge in [-0.1, -0.05) is 12.1 Å². The fourth-order valence-corrected chi connectivity index (χ4v) is 1.97. The molecule has 2 aromatic rings. The van der Waals surface area contributed by atoms with Gasteiger partial charge in [-0.05, 0) is 55.8 Å². The van der Waals surface area contributed by atoms with Crippen molar-refractivity contribution < 1.29 is 13.9 Å². The largest absolute Gasteiger partial charge is 0.491 e. The van der Waals surface area contributed by atoms with E-state index in [1.165, 1.54) is 12.1 Å². The van der Waals surface area contributed by atoms with Gasteiger partial charge in [0.1, 0.15) is 11.6 Å². The van der Waals surface area contributed by atoms with E-state index in [-0.39, 0.29) is 24.4 Å². The molecule has 0 aliphatic heterocycles. The van der Waals surface area contributed by atoms with Gasteiger partial charge >= 0.3 is 0 Å². The molecule has 0 saturated carbocycles. The number of rotatable bonds is 7. The Morgan fingerprint density at radius 2 is 1.74 bits per heavy atom. The summed E-state index contributed by atoms with van der Waals surface area (Å²) in [5.74, 6) is 0.384. The van der Waals surface area contributed by atoms with Crippen molar-refractivity contribution in [2.75, 3.05) is 11.9 Å². The zero-order valence-electron chi connectivity index (χ0n) is 13.3. The molecule has 0 radical (unpaired) electrons. The second-order valence-corrected chi connectivity index (χ2v) is 5.45. The number of anilines is 1. The molecule has 5 heteroatoms. The minimum atomic E-state index is -0.286. The monoisotopic (exact) mass is 316 g/mol. The third kappa shape index (κ3) is 5.98. The standard InChI is InChI=1S/C18H21FN2O2/c1-13(2)23-17-9-7-16(8-10-17)20-12-18(22)21-11-14-3-5-15(19)6-4-14/h3-10,13,20H,11-12H2,1-2H3,(H,21,22). The van der Waals surface area contributed by atoms with Crippen molar-refractivity contribution in [2.24, 2.45) is 0 Å². The predicted molar refractivity (Wildman–Crippen MR) is 88.9 cm³/mol. The number of amides is 1. The summed E-state index contributed by atoms with van der Waals surface area (Å²) in [6.07, 6.45) is 0.131. The maximum Gasteiger partial charge on any atom is 0.239 e. The molecular formula is C18H21FN2O2. The first kappa shape index (κ1) is 16.8. The molecule has 122 valence electrons. The van der Waals surface area contributed by atoms with Crippen molar-refractivity contribution in [3.05, 3.63) is 59.9 Å². The number of ether oxygens (including phenoxy) is 1. The maximum atomic E-state index is 12.8. The Morgan fingerprint density at radius 3 is 2.35 bits per heavy atom. The van der Waals surface area contributed by atoms with Crippen LogP contribution in [0.15, 0.2) is 48.5 Å². The zero-order chi connectivity index (χ0) is 16.7. The van der Waals surface area contributed by atoms with E-state index >= 15 is 0 Å². The predicted octanol–water partition coefficient (Wildman–Crippen LogP) is 3.34. The Labute approximate surface area is 135 Å². The summed E-state index contributed by atoms with van der Waals surface area (Å²) in [4.78, 5) is 11.8. The van der Waals surface area contributed by atoms with Gasteiger partial charge < -0.3 is 15.4 Å². The van der Waals surface area contributed by atoms with Crippen LogP contribution >= 0.6 is 0 Å². The third-order valence-corrected chi connectivity index (χ3v) is 3.08. The van der Waals surface area contributed by atoms with Gasteiger partial charge in [0, 0.05) is 12.2 Å². The van der Waals surface area contributed by atoms with Crippen LogP contribution in [-0.2, 0) is 11.3 Å². The Kier molecular flexibility index (Phi) is 5.97. The van der Waals surface area contributed by atoms with Gasteiger partial charge in [-0.2, -0.15) is 0 Å². The highest BCUT2D eigenvalue weighted by atomic mass is 19.1. The first-order chi connectivity index (χ1) is 11.0. The molecular weight excluding hydrogens is 295 g/mol. The lowest BCUT2D eigenvalue weighted by Crippen LogP contribution is -2.29. The number of hydrogen-bond donors (Lipinski definition) is 2. The van der Waals surface area contributed by atoms with Gasteiger partial charge in [0.15, 0.2) is 0 Å². The summed E-state index contributed by atoms with van der Waals surface area (Å²) in [7, 11) is 0. The summed E-state index contributed by atoms with van der Waals surface area (Å²) in [6.45, 7) is 4.49. The maximum absolute atomic E-state index is 12.8. The summed E-state index contributed by atoms with van der Waals surface area (Å²) in [5, 5.41) is 5.82. The summed E-state index contributed by atoms with van der Waals surface area (Å²) >= 11 is 0. The van der Waals surface area contributed by atoms with E-state index in [9.17, 15) is 9.18 Å². The second kappa shape index (κ2) is 8.17. The molecule has 0 atom stereocenters. The van der Waals surface area contributed by atoms with E-state index < -0.39 is 0 Å². The van der Waals surface area contributed by atoms with Crippen LogP contribution in [0.5, 0.6) is 5.75 Å². The minimum absolute atomic E-state index is 0.128. The molecule has 23 heavy (non-hydrogen) atoms. The van der Waals surface area contributed by atoms with E-state index in [0.29, 0.717) is 6.54 Å². The highest BCUT2D eigenvalue weighted by Gasteiger charge is 2.03. The molecule has 2 aromatic carbocycles. The first-order valence-electron chi connectivity index (χ1n) is 7.54. The van der Waals surface area contributed by atoms with Gasteiger partial charge in [-0.25, -0.2) is 4.39 Å². The molecule has 0 saturated heterocycles. The van der Waals surface area contributed by atoms with Crippen LogP contribution in [0.3, 0.4) is 0 Å². The van der Waals surface area contributed by atoms with Crippen LogP contribution in [0.1, 0.15) is 19.4 Å². The van der Waals surface area contributed by atoms with E-state index in [0.717, 1.165) is 17.0 Å². The van der Waals surface area contributed by atoms with Gasteiger partial charge in [0.2, 0.25) is 5.91 Å². The van der Waals surface area contributed by atoms with E-state index in [1.54, 1.807) is 12.1 Å². The number of benzene rings is 2. The van der Waals surface area contributed by atoms with E-state index in [2.05, 4.69) is 10.6 Å². The van der Waals surface area contributed by atoms with Crippen LogP contribution in [0.4, 0.5) is 10.1 Å². The molecule has 2 N–H and O–H groups in total. The smallest absolute Gasteiger partial charge is 0.239 e. The fourth-order valence-electron chi connectivity index (χ4n) is 1.97. The molecule has 0 aliphatic carbocycles. The number of halogens is 1. The highest BCUT2D eigenvalue weighted by molar-refractivity contribution is 5.80. The summed E-state index contributed by atoms with van der Waals surface area (Å²) in [5.41, 5.74) is 1.70. The van der Waals surface area contributed by atoms with E-state index in [4.69, 9.17) is 4.74 Å². The van der Waals surface area contributed by atoms with Gasteiger partial charge in [0.25, 0.3) is 0 Å². The topological polar surface area (TPSA) is 50.4 Å². The highest BCUT2D eigenvalue weighted by Crippen LogP contribution is 2.16. The number of nitrogens with one attached hydrogen (secondary N) is 2. The van der Waals surface area contributed by atoms with Crippen LogP contribution < -0.4 is 15.4 Å². The Bertz CT molecular complexity index is 624. The average molecular weight is 316 g/mol. The lowest BCUT2D eigenvalue weighted by Gasteiger charge is -2.11.